The third-order valence-electron chi connectivity index (χ3n) is 6.37. The van der Waals surface area contributed by atoms with Crippen molar-refractivity contribution in [2.24, 2.45) is 0 Å². The SMILES string of the molecule is CCOC(=O)[C@H](C)NP(=O)(OC[C@H]1O[C@@](C#N)(c2ccc3c(N)nc(F)nn23)[C@](C)(O)[C@@H]1O)Oc1ccccc1. The highest BCUT2D eigenvalue weighted by atomic mass is 31.2. The first kappa shape index (κ1) is 29.3. The third kappa shape index (κ3) is 5.25. The molecule has 3 heterocycles. The number of nitriles is 1. The summed E-state index contributed by atoms with van der Waals surface area (Å²) in [6, 6.07) is 11.4. The largest absolute Gasteiger partial charge is 0.465 e. The van der Waals surface area contributed by atoms with Crippen LogP contribution in [0.3, 0.4) is 0 Å². The van der Waals surface area contributed by atoms with Gasteiger partial charge in [0, 0.05) is 0 Å². The molecule has 1 aromatic carbocycles. The molecule has 5 N–H and O–H groups in total. The molecule has 1 saturated heterocycles. The van der Waals surface area contributed by atoms with Crippen molar-refractivity contribution in [3.8, 4) is 11.8 Å². The number of benzene rings is 1. The van der Waals surface area contributed by atoms with E-state index in [-0.39, 0.29) is 29.4 Å². The van der Waals surface area contributed by atoms with Gasteiger partial charge in [-0.2, -0.15) is 19.7 Å². The first-order chi connectivity index (χ1) is 18.9. The van der Waals surface area contributed by atoms with Crippen LogP contribution in [0.15, 0.2) is 42.5 Å². The molecule has 4 rings (SSSR count). The molecular formula is C24H28FN6O8P. The summed E-state index contributed by atoms with van der Waals surface area (Å²) in [7, 11) is -4.36. The van der Waals surface area contributed by atoms with Gasteiger partial charge in [-0.1, -0.05) is 18.2 Å². The Morgan fingerprint density at radius 2 is 2.08 bits per heavy atom. The Balaban J connectivity index is 1.64. The lowest BCUT2D eigenvalue weighted by Crippen LogP contribution is -2.52. The number of carbonyl (C=O) groups is 1. The van der Waals surface area contributed by atoms with Crippen LogP contribution >= 0.6 is 7.75 Å². The maximum Gasteiger partial charge on any atom is 0.459 e. The van der Waals surface area contributed by atoms with E-state index in [0.29, 0.717) is 0 Å². The molecule has 14 nitrogen and oxygen atoms in total. The lowest BCUT2D eigenvalue weighted by molar-refractivity contribution is -0.144. The van der Waals surface area contributed by atoms with Crippen molar-refractivity contribution in [3.05, 3.63) is 54.2 Å². The van der Waals surface area contributed by atoms with Crippen molar-refractivity contribution in [2.75, 3.05) is 18.9 Å². The number of aliphatic hydroxyl groups excluding tert-OH is 1. The number of nitrogen functional groups attached to an aromatic ring is 1. The van der Waals surface area contributed by atoms with E-state index in [1.165, 1.54) is 31.2 Å². The van der Waals surface area contributed by atoms with E-state index in [0.717, 1.165) is 11.4 Å². The van der Waals surface area contributed by atoms with Gasteiger partial charge in [-0.15, -0.1) is 5.10 Å². The fourth-order valence-corrected chi connectivity index (χ4v) is 5.82. The molecule has 214 valence electrons. The number of para-hydroxylation sites is 1. The lowest BCUT2D eigenvalue weighted by atomic mass is 9.80. The number of hydrogen-bond acceptors (Lipinski definition) is 12. The molecule has 0 radical (unpaired) electrons. The molecule has 6 atom stereocenters. The van der Waals surface area contributed by atoms with Gasteiger partial charge in [0.1, 0.15) is 41.2 Å². The van der Waals surface area contributed by atoms with Crippen molar-refractivity contribution in [3.63, 3.8) is 0 Å². The first-order valence-electron chi connectivity index (χ1n) is 12.1. The topological polar surface area (TPSA) is 204 Å². The average Bonchev–Trinajstić information content (AvgIpc) is 3.41. The van der Waals surface area contributed by atoms with Crippen LogP contribution in [0, 0.1) is 17.4 Å². The van der Waals surface area contributed by atoms with Crippen LogP contribution in [-0.2, 0) is 29.0 Å². The predicted molar refractivity (Wildman–Crippen MR) is 136 cm³/mol. The molecule has 40 heavy (non-hydrogen) atoms. The summed E-state index contributed by atoms with van der Waals surface area (Å²) < 4.78 is 50.6. The summed E-state index contributed by atoms with van der Waals surface area (Å²) in [5.74, 6) is -0.814. The fourth-order valence-electron chi connectivity index (χ4n) is 4.32. The number of fused-ring (bicyclic) bond motifs is 1. The summed E-state index contributed by atoms with van der Waals surface area (Å²) >= 11 is 0. The Kier molecular flexibility index (Phi) is 8.13. The Bertz CT molecular complexity index is 1480. The van der Waals surface area contributed by atoms with Crippen molar-refractivity contribution >= 4 is 25.1 Å². The van der Waals surface area contributed by atoms with Gasteiger partial charge in [0.25, 0.3) is 0 Å². The van der Waals surface area contributed by atoms with E-state index < -0.39 is 55.9 Å². The Hall–Kier alpha value is -3.64. The molecule has 1 fully saturated rings. The number of aliphatic hydroxyl groups is 2. The summed E-state index contributed by atoms with van der Waals surface area (Å²) in [5, 5.41) is 38.7. The molecule has 0 bridgehead atoms. The van der Waals surface area contributed by atoms with Crippen molar-refractivity contribution in [1.29, 1.82) is 5.26 Å². The molecular weight excluding hydrogens is 550 g/mol. The van der Waals surface area contributed by atoms with Crippen LogP contribution in [0.25, 0.3) is 5.52 Å². The molecule has 0 spiro atoms. The smallest absolute Gasteiger partial charge is 0.459 e. The highest BCUT2D eigenvalue weighted by Crippen LogP contribution is 2.50. The van der Waals surface area contributed by atoms with Gasteiger partial charge in [0.15, 0.2) is 5.82 Å². The number of esters is 1. The molecule has 3 aromatic rings. The molecule has 0 saturated carbocycles. The number of nitrogens with zero attached hydrogens (tertiary/aromatic N) is 4. The zero-order valence-electron chi connectivity index (χ0n) is 21.7. The number of nitrogens with one attached hydrogen (secondary N) is 1. The van der Waals surface area contributed by atoms with E-state index >= 15 is 0 Å². The normalized spacial score (nSPS) is 26.6. The van der Waals surface area contributed by atoms with Gasteiger partial charge in [-0.25, -0.2) is 9.08 Å². The standard InChI is InChI=1S/C24H28FN6O8P/c1-4-36-21(33)14(2)30-40(35,39-15-8-6-5-7-9-15)37-12-17-19(32)23(3,34)24(13-26,38-17)18-11-10-16-20(27)28-22(25)29-31(16)18/h5-11,14,17,19,32,34H,4,12H2,1-3H3,(H,30,35)(H2,27,28,29)/t14-,17+,19+,23+,24-,40?/m0/s1. The predicted octanol–water partition coefficient (Wildman–Crippen LogP) is 1.43. The summed E-state index contributed by atoms with van der Waals surface area (Å²) in [5.41, 5.74) is 1.12. The second-order valence-corrected chi connectivity index (χ2v) is 10.8. The van der Waals surface area contributed by atoms with Crippen molar-refractivity contribution < 1.29 is 42.5 Å². The number of anilines is 1. The Morgan fingerprint density at radius 1 is 1.38 bits per heavy atom. The minimum absolute atomic E-state index is 0.0812. The van der Waals surface area contributed by atoms with Gasteiger partial charge in [-0.3, -0.25) is 9.32 Å². The monoisotopic (exact) mass is 578 g/mol. The van der Waals surface area contributed by atoms with E-state index in [2.05, 4.69) is 15.2 Å². The maximum absolute atomic E-state index is 14.0. The van der Waals surface area contributed by atoms with Gasteiger partial charge < -0.3 is 29.9 Å². The molecule has 1 aliphatic rings. The van der Waals surface area contributed by atoms with Crippen LogP contribution in [0.2, 0.25) is 0 Å². The van der Waals surface area contributed by atoms with E-state index in [1.54, 1.807) is 25.1 Å². The van der Waals surface area contributed by atoms with Crippen LogP contribution in [0.5, 0.6) is 5.75 Å². The molecule has 0 amide bonds. The minimum atomic E-state index is -4.36. The van der Waals surface area contributed by atoms with Gasteiger partial charge in [0.05, 0.1) is 18.9 Å². The quantitative estimate of drug-likeness (QED) is 0.199. The molecule has 1 aliphatic heterocycles. The zero-order valence-corrected chi connectivity index (χ0v) is 22.6. The number of aromatic nitrogens is 3. The second kappa shape index (κ2) is 11.1. The third-order valence-corrected chi connectivity index (χ3v) is 8.01. The maximum atomic E-state index is 14.0. The molecule has 1 unspecified atom stereocenters. The molecule has 16 heteroatoms. The number of carbonyl (C=O) groups excluding carboxylic acids is 1. The minimum Gasteiger partial charge on any atom is -0.465 e. The number of nitrogens with two attached hydrogens (primary N) is 1. The first-order valence-corrected chi connectivity index (χ1v) is 13.7. The average molecular weight is 578 g/mol. The van der Waals surface area contributed by atoms with Crippen LogP contribution in [0.1, 0.15) is 26.5 Å². The van der Waals surface area contributed by atoms with Crippen LogP contribution in [-0.4, -0.2) is 67.8 Å². The molecule has 2 aromatic heterocycles. The lowest BCUT2D eigenvalue weighted by Gasteiger charge is -2.33. The van der Waals surface area contributed by atoms with Crippen molar-refractivity contribution in [2.45, 2.75) is 50.2 Å². The number of halogens is 1. The van der Waals surface area contributed by atoms with E-state index in [1.807, 2.05) is 6.07 Å². The zero-order chi connectivity index (χ0) is 29.3. The Labute approximate surface area is 228 Å². The second-order valence-electron chi connectivity index (χ2n) is 9.12. The summed E-state index contributed by atoms with van der Waals surface area (Å²) in [4.78, 5) is 15.6. The van der Waals surface area contributed by atoms with Crippen LogP contribution in [0.4, 0.5) is 10.2 Å². The number of hydrogen-bond donors (Lipinski definition) is 4. The number of ether oxygens (including phenoxy) is 2. The summed E-state index contributed by atoms with van der Waals surface area (Å²) in [6.45, 7) is 3.54. The highest BCUT2D eigenvalue weighted by molar-refractivity contribution is 7.52. The van der Waals surface area contributed by atoms with Gasteiger partial charge in [0.2, 0.25) is 5.60 Å². The van der Waals surface area contributed by atoms with Crippen molar-refractivity contribution in [1.82, 2.24) is 19.7 Å². The van der Waals surface area contributed by atoms with E-state index in [4.69, 9.17) is 24.3 Å². The fraction of sp³-hybridized carbons (Fsp3) is 0.417. The summed E-state index contributed by atoms with van der Waals surface area (Å²) in [6.07, 6.45) is -4.44. The number of rotatable bonds is 10. The van der Waals surface area contributed by atoms with Gasteiger partial charge in [-0.05, 0) is 45.0 Å². The van der Waals surface area contributed by atoms with E-state index in [9.17, 15) is 29.2 Å². The highest BCUT2D eigenvalue weighted by Gasteiger charge is 2.65. The van der Waals surface area contributed by atoms with Gasteiger partial charge >= 0.3 is 19.8 Å². The van der Waals surface area contributed by atoms with Crippen LogP contribution < -0.4 is 15.3 Å². The Morgan fingerprint density at radius 3 is 2.73 bits per heavy atom. The molecule has 0 aliphatic carbocycles.